The molecule has 0 saturated carbocycles. The molecule has 0 spiro atoms. The van der Waals surface area contributed by atoms with E-state index in [4.69, 9.17) is 0 Å². The van der Waals surface area contributed by atoms with E-state index < -0.39 is 27.6 Å². The van der Waals surface area contributed by atoms with Gasteiger partial charge in [-0.1, -0.05) is 13.0 Å². The highest BCUT2D eigenvalue weighted by Crippen LogP contribution is 2.18. The van der Waals surface area contributed by atoms with E-state index in [1.807, 2.05) is 0 Å². The third kappa shape index (κ3) is 3.60. The quantitative estimate of drug-likeness (QED) is 0.884. The lowest BCUT2D eigenvalue weighted by molar-refractivity contribution is 0.0939. The molecular weight excluding hydrogens is 295 g/mol. The van der Waals surface area contributed by atoms with Gasteiger partial charge >= 0.3 is 0 Å². The number of carbonyl (C=O) groups excluding carboxylic acids is 1. The monoisotopic (exact) mass is 312 g/mol. The van der Waals surface area contributed by atoms with E-state index in [2.05, 4.69) is 10.3 Å². The Balaban J connectivity index is 2.14. The lowest BCUT2D eigenvalue weighted by Gasteiger charge is -2.12. The van der Waals surface area contributed by atoms with Gasteiger partial charge in [-0.2, -0.15) is 0 Å². The van der Waals surface area contributed by atoms with Crippen LogP contribution in [-0.4, -0.2) is 36.9 Å². The summed E-state index contributed by atoms with van der Waals surface area (Å²) in [6.07, 6.45) is 0. The van der Waals surface area contributed by atoms with Crippen molar-refractivity contribution in [2.24, 2.45) is 0 Å². The minimum atomic E-state index is -3.16. The number of aromatic amines is 1. The normalized spacial score (nSPS) is 13.3. The first-order valence-corrected chi connectivity index (χ1v) is 8.43. The fraction of sp³-hybridized carbons (Fsp3) is 0.357. The topological polar surface area (TPSA) is 79.0 Å². The highest BCUT2D eigenvalue weighted by Gasteiger charge is 2.18. The Labute approximate surface area is 122 Å². The second kappa shape index (κ2) is 5.85. The van der Waals surface area contributed by atoms with E-state index in [1.54, 1.807) is 26.0 Å². The number of fused-ring (bicyclic) bond motifs is 1. The summed E-state index contributed by atoms with van der Waals surface area (Å²) in [4.78, 5) is 14.9. The average molecular weight is 312 g/mol. The minimum Gasteiger partial charge on any atom is -0.350 e. The second-order valence-electron chi connectivity index (χ2n) is 4.96. The van der Waals surface area contributed by atoms with E-state index in [9.17, 15) is 17.6 Å². The number of H-pyrrole nitrogens is 1. The lowest BCUT2D eigenvalue weighted by atomic mass is 10.2. The average Bonchev–Trinajstić information content (AvgIpc) is 2.83. The van der Waals surface area contributed by atoms with Crippen molar-refractivity contribution in [2.45, 2.75) is 19.9 Å². The molecule has 0 aliphatic carbocycles. The zero-order valence-electron chi connectivity index (χ0n) is 11.8. The van der Waals surface area contributed by atoms with Gasteiger partial charge in [-0.3, -0.25) is 4.79 Å². The van der Waals surface area contributed by atoms with Crippen LogP contribution in [0.5, 0.6) is 0 Å². The van der Waals surface area contributed by atoms with Gasteiger partial charge < -0.3 is 10.3 Å². The maximum Gasteiger partial charge on any atom is 0.267 e. The van der Waals surface area contributed by atoms with Crippen LogP contribution in [0.2, 0.25) is 0 Å². The Morgan fingerprint density at radius 1 is 1.43 bits per heavy atom. The number of hydrogen-bond donors (Lipinski definition) is 2. The minimum absolute atomic E-state index is 0.0325. The van der Waals surface area contributed by atoms with Crippen molar-refractivity contribution >= 4 is 26.6 Å². The van der Waals surface area contributed by atoms with Crippen LogP contribution < -0.4 is 5.32 Å². The summed E-state index contributed by atoms with van der Waals surface area (Å²) in [6.45, 7) is 3.18. The number of amides is 1. The second-order valence-corrected chi connectivity index (χ2v) is 7.36. The molecule has 1 amide bonds. The molecule has 7 heteroatoms. The van der Waals surface area contributed by atoms with Crippen molar-refractivity contribution in [3.63, 3.8) is 0 Å². The van der Waals surface area contributed by atoms with Crippen molar-refractivity contribution < 1.29 is 17.6 Å². The zero-order chi connectivity index (χ0) is 15.6. The van der Waals surface area contributed by atoms with E-state index in [1.165, 1.54) is 12.1 Å². The highest BCUT2D eigenvalue weighted by molar-refractivity contribution is 7.91. The molecule has 0 aliphatic rings. The molecule has 5 nitrogen and oxygen atoms in total. The molecule has 1 aromatic heterocycles. The number of aromatic nitrogens is 1. The number of sulfone groups is 1. The number of nitrogens with one attached hydrogen (secondary N) is 2. The van der Waals surface area contributed by atoms with Crippen molar-refractivity contribution in [1.82, 2.24) is 10.3 Å². The molecule has 2 rings (SSSR count). The van der Waals surface area contributed by atoms with Gasteiger partial charge in [-0.05, 0) is 25.1 Å². The maximum atomic E-state index is 13.6. The summed E-state index contributed by atoms with van der Waals surface area (Å²) in [6, 6.07) is 5.43. The van der Waals surface area contributed by atoms with E-state index >= 15 is 0 Å². The number of hydrogen-bond acceptors (Lipinski definition) is 3. The molecule has 1 aromatic carbocycles. The van der Waals surface area contributed by atoms with Crippen LogP contribution in [0.15, 0.2) is 24.3 Å². The summed E-state index contributed by atoms with van der Waals surface area (Å²) < 4.78 is 36.6. The van der Waals surface area contributed by atoms with Crippen LogP contribution in [0, 0.1) is 5.82 Å². The molecule has 2 aromatic rings. The number of rotatable bonds is 5. The Morgan fingerprint density at radius 2 is 2.14 bits per heavy atom. The van der Waals surface area contributed by atoms with E-state index in [0.29, 0.717) is 10.9 Å². The molecule has 0 aliphatic heterocycles. The molecule has 0 unspecified atom stereocenters. The molecule has 1 atom stereocenters. The summed E-state index contributed by atoms with van der Waals surface area (Å²) in [5.41, 5.74) is 0.727. The van der Waals surface area contributed by atoms with Crippen molar-refractivity contribution in [3.8, 4) is 0 Å². The maximum absolute atomic E-state index is 13.6. The Kier molecular flexibility index (Phi) is 4.32. The van der Waals surface area contributed by atoms with Crippen LogP contribution in [0.1, 0.15) is 24.3 Å². The highest BCUT2D eigenvalue weighted by atomic mass is 32.2. The van der Waals surface area contributed by atoms with Gasteiger partial charge in [-0.15, -0.1) is 0 Å². The van der Waals surface area contributed by atoms with Crippen LogP contribution in [0.25, 0.3) is 10.9 Å². The smallest absolute Gasteiger partial charge is 0.267 e. The zero-order valence-corrected chi connectivity index (χ0v) is 12.6. The fourth-order valence-electron chi connectivity index (χ4n) is 2.08. The summed E-state index contributed by atoms with van der Waals surface area (Å²) in [7, 11) is -3.16. The summed E-state index contributed by atoms with van der Waals surface area (Å²) in [5.74, 6) is -0.955. The number of benzene rings is 1. The number of halogens is 1. The third-order valence-corrected chi connectivity index (χ3v) is 5.06. The SMILES string of the molecule is CCS(=O)(=O)C[C@H](C)NC(=O)c1cc2c(F)cccc2[nH]1. The number of carbonyl (C=O) groups is 1. The molecule has 0 saturated heterocycles. The Bertz CT molecular complexity index is 768. The first kappa shape index (κ1) is 15.5. The van der Waals surface area contributed by atoms with Crippen LogP contribution in [0.4, 0.5) is 4.39 Å². The predicted octanol–water partition coefficient (Wildman–Crippen LogP) is 1.86. The van der Waals surface area contributed by atoms with E-state index in [0.717, 1.165) is 0 Å². The molecule has 0 radical (unpaired) electrons. The molecule has 0 bridgehead atoms. The Morgan fingerprint density at radius 3 is 2.76 bits per heavy atom. The molecule has 1 heterocycles. The molecule has 2 N–H and O–H groups in total. The summed E-state index contributed by atoms with van der Waals surface area (Å²) in [5, 5.41) is 2.93. The van der Waals surface area contributed by atoms with Crippen molar-refractivity contribution in [1.29, 1.82) is 0 Å². The molecule has 21 heavy (non-hydrogen) atoms. The molecule has 114 valence electrons. The summed E-state index contributed by atoms with van der Waals surface area (Å²) >= 11 is 0. The fourth-order valence-corrected chi connectivity index (χ4v) is 3.16. The van der Waals surface area contributed by atoms with Gasteiger partial charge in [0, 0.05) is 22.7 Å². The van der Waals surface area contributed by atoms with E-state index in [-0.39, 0.29) is 17.2 Å². The van der Waals surface area contributed by atoms with Gasteiger partial charge in [-0.25, -0.2) is 12.8 Å². The van der Waals surface area contributed by atoms with Gasteiger partial charge in [0.15, 0.2) is 9.84 Å². The van der Waals surface area contributed by atoms with Gasteiger partial charge in [0.25, 0.3) is 5.91 Å². The first-order chi connectivity index (χ1) is 9.82. The van der Waals surface area contributed by atoms with Crippen molar-refractivity contribution in [2.75, 3.05) is 11.5 Å². The van der Waals surface area contributed by atoms with Gasteiger partial charge in [0.1, 0.15) is 11.5 Å². The van der Waals surface area contributed by atoms with Gasteiger partial charge in [0.05, 0.1) is 5.75 Å². The molecule has 0 fully saturated rings. The lowest BCUT2D eigenvalue weighted by Crippen LogP contribution is -2.38. The van der Waals surface area contributed by atoms with Crippen LogP contribution in [0.3, 0.4) is 0 Å². The first-order valence-electron chi connectivity index (χ1n) is 6.61. The Hall–Kier alpha value is -1.89. The largest absolute Gasteiger partial charge is 0.350 e. The third-order valence-electron chi connectivity index (χ3n) is 3.18. The van der Waals surface area contributed by atoms with Crippen LogP contribution in [-0.2, 0) is 9.84 Å². The van der Waals surface area contributed by atoms with Gasteiger partial charge in [0.2, 0.25) is 0 Å². The molecular formula is C14H17FN2O3S. The predicted molar refractivity (Wildman–Crippen MR) is 79.5 cm³/mol. The van der Waals surface area contributed by atoms with Crippen LogP contribution >= 0.6 is 0 Å². The standard InChI is InChI=1S/C14H17FN2O3S/c1-3-21(19,20)8-9(2)16-14(18)13-7-10-11(15)5-4-6-12(10)17-13/h4-7,9,17H,3,8H2,1-2H3,(H,16,18)/t9-/m0/s1. The van der Waals surface area contributed by atoms with Crippen molar-refractivity contribution in [3.05, 3.63) is 35.8 Å².